The molecule has 0 aliphatic rings. The second kappa shape index (κ2) is 8.11. The predicted molar refractivity (Wildman–Crippen MR) is 59.3 cm³/mol. The lowest BCUT2D eigenvalue weighted by molar-refractivity contribution is 0.221. The average molecular weight is 184 g/mol. The Morgan fingerprint density at radius 2 is 1.69 bits per heavy atom. The number of hydrazine groups is 1. The van der Waals surface area contributed by atoms with Crippen molar-refractivity contribution in [2.45, 2.75) is 47.0 Å². The van der Waals surface area contributed by atoms with Crippen molar-refractivity contribution in [1.82, 2.24) is 10.4 Å². The lowest BCUT2D eigenvalue weighted by atomic mass is 10.3. The Labute approximate surface area is 83.0 Å². The summed E-state index contributed by atoms with van der Waals surface area (Å²) in [5, 5.41) is 2.28. The molecule has 0 spiro atoms. The molecule has 0 saturated heterocycles. The second-order valence-electron chi connectivity index (χ2n) is 3.46. The molecule has 2 nitrogen and oxygen atoms in total. The fourth-order valence-electron chi connectivity index (χ4n) is 1.08. The number of allylic oxidation sites excluding steroid dienone is 1. The molecule has 0 aliphatic carbocycles. The van der Waals surface area contributed by atoms with Crippen LogP contribution in [0.5, 0.6) is 0 Å². The molecule has 0 amide bonds. The van der Waals surface area contributed by atoms with Gasteiger partial charge in [0.15, 0.2) is 0 Å². The molecule has 78 valence electrons. The highest BCUT2D eigenvalue weighted by molar-refractivity contribution is 4.94. The van der Waals surface area contributed by atoms with Gasteiger partial charge in [0.05, 0.1) is 0 Å². The van der Waals surface area contributed by atoms with Crippen LogP contribution in [0, 0.1) is 0 Å². The van der Waals surface area contributed by atoms with Crippen LogP contribution in [0.25, 0.3) is 0 Å². The van der Waals surface area contributed by atoms with Gasteiger partial charge in [-0.1, -0.05) is 26.3 Å². The maximum atomic E-state index is 3.34. The van der Waals surface area contributed by atoms with E-state index in [4.69, 9.17) is 0 Å². The summed E-state index contributed by atoms with van der Waals surface area (Å²) >= 11 is 0. The highest BCUT2D eigenvalue weighted by Crippen LogP contribution is 1.96. The van der Waals surface area contributed by atoms with Gasteiger partial charge in [0.2, 0.25) is 0 Å². The topological polar surface area (TPSA) is 15.3 Å². The average Bonchev–Trinajstić information content (AvgIpc) is 2.14. The molecule has 0 radical (unpaired) electrons. The summed E-state index contributed by atoms with van der Waals surface area (Å²) in [5.74, 6) is 0. The smallest absolute Gasteiger partial charge is 0.0175 e. The van der Waals surface area contributed by atoms with Crippen LogP contribution in [-0.2, 0) is 0 Å². The molecule has 0 rings (SSSR count). The first kappa shape index (κ1) is 12.5. The van der Waals surface area contributed by atoms with Crippen LogP contribution in [-0.4, -0.2) is 18.1 Å². The number of hydrogen-bond acceptors (Lipinski definition) is 2. The van der Waals surface area contributed by atoms with E-state index in [1.165, 1.54) is 18.4 Å². The molecule has 0 heterocycles. The molecule has 0 saturated carbocycles. The van der Waals surface area contributed by atoms with Crippen LogP contribution < -0.4 is 5.43 Å². The van der Waals surface area contributed by atoms with Crippen molar-refractivity contribution in [2.75, 3.05) is 13.1 Å². The Hall–Kier alpha value is -0.500. The van der Waals surface area contributed by atoms with Gasteiger partial charge in [-0.3, -0.25) is 0 Å². The zero-order chi connectivity index (χ0) is 10.1. The van der Waals surface area contributed by atoms with Crippen molar-refractivity contribution in [2.24, 2.45) is 0 Å². The number of nitrogens with one attached hydrogen (secondary N) is 1. The molecule has 0 atom stereocenters. The molecule has 0 aromatic rings. The van der Waals surface area contributed by atoms with Gasteiger partial charge in [-0.15, -0.1) is 0 Å². The monoisotopic (exact) mass is 184 g/mol. The number of hydrogen-bond donors (Lipinski definition) is 1. The van der Waals surface area contributed by atoms with E-state index in [0.29, 0.717) is 0 Å². The van der Waals surface area contributed by atoms with Gasteiger partial charge < -0.3 is 5.43 Å². The fourth-order valence-corrected chi connectivity index (χ4v) is 1.08. The SMILES string of the molecule is CCCN(CCC)N/C=C(\C)CC. The van der Waals surface area contributed by atoms with Gasteiger partial charge >= 0.3 is 0 Å². The molecule has 1 N–H and O–H groups in total. The lowest BCUT2D eigenvalue weighted by Gasteiger charge is -2.21. The van der Waals surface area contributed by atoms with E-state index >= 15 is 0 Å². The van der Waals surface area contributed by atoms with Gasteiger partial charge in [0.25, 0.3) is 0 Å². The van der Waals surface area contributed by atoms with Crippen LogP contribution in [0.3, 0.4) is 0 Å². The number of rotatable bonds is 7. The van der Waals surface area contributed by atoms with E-state index in [0.717, 1.165) is 19.5 Å². The van der Waals surface area contributed by atoms with E-state index in [-0.39, 0.29) is 0 Å². The van der Waals surface area contributed by atoms with Crippen molar-refractivity contribution in [3.8, 4) is 0 Å². The molecule has 13 heavy (non-hydrogen) atoms. The first-order valence-electron chi connectivity index (χ1n) is 5.41. The fraction of sp³-hybridized carbons (Fsp3) is 0.818. The minimum Gasteiger partial charge on any atom is -0.326 e. The predicted octanol–water partition coefficient (Wildman–Crippen LogP) is 2.93. The third-order valence-corrected chi connectivity index (χ3v) is 2.04. The maximum absolute atomic E-state index is 3.34. The van der Waals surface area contributed by atoms with Gasteiger partial charge in [0.1, 0.15) is 0 Å². The van der Waals surface area contributed by atoms with E-state index in [2.05, 4.69) is 44.3 Å². The third-order valence-electron chi connectivity index (χ3n) is 2.04. The van der Waals surface area contributed by atoms with E-state index < -0.39 is 0 Å². The van der Waals surface area contributed by atoms with Crippen molar-refractivity contribution in [3.63, 3.8) is 0 Å². The zero-order valence-electron chi connectivity index (χ0n) is 9.56. The maximum Gasteiger partial charge on any atom is 0.0175 e. The van der Waals surface area contributed by atoms with Gasteiger partial charge in [0, 0.05) is 19.3 Å². The Kier molecular flexibility index (Phi) is 7.80. The molecule has 0 unspecified atom stereocenters. The zero-order valence-corrected chi connectivity index (χ0v) is 9.56. The highest BCUT2D eigenvalue weighted by atomic mass is 15.5. The highest BCUT2D eigenvalue weighted by Gasteiger charge is 1.97. The largest absolute Gasteiger partial charge is 0.326 e. The summed E-state index contributed by atoms with van der Waals surface area (Å²) < 4.78 is 0. The van der Waals surface area contributed by atoms with Crippen LogP contribution in [0.4, 0.5) is 0 Å². The molecule has 0 aromatic heterocycles. The minimum absolute atomic E-state index is 1.12. The molecule has 0 aliphatic heterocycles. The lowest BCUT2D eigenvalue weighted by Crippen LogP contribution is -2.35. The molecule has 0 fully saturated rings. The van der Waals surface area contributed by atoms with Crippen LogP contribution >= 0.6 is 0 Å². The Bertz CT molecular complexity index is 135. The van der Waals surface area contributed by atoms with Crippen molar-refractivity contribution >= 4 is 0 Å². The minimum atomic E-state index is 1.12. The summed E-state index contributed by atoms with van der Waals surface area (Å²) in [4.78, 5) is 0. The Morgan fingerprint density at radius 3 is 2.08 bits per heavy atom. The summed E-state index contributed by atoms with van der Waals surface area (Å²) in [5.41, 5.74) is 4.74. The molecule has 2 heteroatoms. The summed E-state index contributed by atoms with van der Waals surface area (Å²) in [6, 6.07) is 0. The summed E-state index contributed by atoms with van der Waals surface area (Å²) in [7, 11) is 0. The molecular weight excluding hydrogens is 160 g/mol. The van der Waals surface area contributed by atoms with Crippen molar-refractivity contribution in [1.29, 1.82) is 0 Å². The summed E-state index contributed by atoms with van der Waals surface area (Å²) in [6.07, 6.45) is 5.64. The van der Waals surface area contributed by atoms with E-state index in [9.17, 15) is 0 Å². The van der Waals surface area contributed by atoms with Crippen molar-refractivity contribution in [3.05, 3.63) is 11.8 Å². The van der Waals surface area contributed by atoms with Gasteiger partial charge in [-0.25, -0.2) is 5.01 Å². The van der Waals surface area contributed by atoms with E-state index in [1.54, 1.807) is 0 Å². The van der Waals surface area contributed by atoms with Crippen LogP contribution in [0.15, 0.2) is 11.8 Å². The Morgan fingerprint density at radius 1 is 1.15 bits per heavy atom. The Balaban J connectivity index is 3.79. The van der Waals surface area contributed by atoms with E-state index in [1.807, 2.05) is 0 Å². The quantitative estimate of drug-likeness (QED) is 0.612. The molecular formula is C11H24N2. The first-order chi connectivity index (χ1) is 6.24. The normalized spacial score (nSPS) is 12.2. The van der Waals surface area contributed by atoms with Crippen LogP contribution in [0.2, 0.25) is 0 Å². The third kappa shape index (κ3) is 6.64. The van der Waals surface area contributed by atoms with Crippen LogP contribution in [0.1, 0.15) is 47.0 Å². The van der Waals surface area contributed by atoms with Gasteiger partial charge in [-0.05, 0) is 26.2 Å². The van der Waals surface area contributed by atoms with Gasteiger partial charge in [-0.2, -0.15) is 0 Å². The summed E-state index contributed by atoms with van der Waals surface area (Å²) in [6.45, 7) is 11.0. The standard InChI is InChI=1S/C11H24N2/c1-5-8-13(9-6-2)12-10-11(4)7-3/h10,12H,5-9H2,1-4H3/b11-10+. The van der Waals surface area contributed by atoms with Crippen molar-refractivity contribution < 1.29 is 0 Å². The molecule has 0 bridgehead atoms. The first-order valence-corrected chi connectivity index (χ1v) is 5.41. The molecule has 0 aromatic carbocycles. The second-order valence-corrected chi connectivity index (χ2v) is 3.46. The number of nitrogens with zero attached hydrogens (tertiary/aromatic N) is 1.